The van der Waals surface area contributed by atoms with Crippen LogP contribution >= 0.6 is 0 Å². The summed E-state index contributed by atoms with van der Waals surface area (Å²) in [6.07, 6.45) is 2.36. The molecule has 8 heteroatoms. The fourth-order valence-corrected chi connectivity index (χ4v) is 2.85. The fraction of sp³-hybridized carbons (Fsp3) is 0.688. The zero-order chi connectivity index (χ0) is 17.7. The Morgan fingerprint density at radius 3 is 2.88 bits per heavy atom. The Bertz CT molecular complexity index is 679. The summed E-state index contributed by atoms with van der Waals surface area (Å²) < 4.78 is 6.88. The number of H-pyrrole nitrogens is 1. The SMILES string of the molecule is CCn1cc(CNC(=O)N2CCOC[C@@H]2CC(C)C)c(=O)[nH]c1=O. The number of ether oxygens (including phenoxy) is 1. The minimum Gasteiger partial charge on any atom is -0.377 e. The smallest absolute Gasteiger partial charge is 0.328 e. The van der Waals surface area contributed by atoms with Crippen LogP contribution < -0.4 is 16.6 Å². The van der Waals surface area contributed by atoms with Gasteiger partial charge in [-0.3, -0.25) is 9.78 Å². The van der Waals surface area contributed by atoms with Gasteiger partial charge in [-0.1, -0.05) is 13.8 Å². The third-order valence-electron chi connectivity index (χ3n) is 4.09. The molecule has 134 valence electrons. The highest BCUT2D eigenvalue weighted by molar-refractivity contribution is 5.74. The van der Waals surface area contributed by atoms with Gasteiger partial charge in [-0.15, -0.1) is 0 Å². The maximum atomic E-state index is 12.5. The van der Waals surface area contributed by atoms with E-state index in [1.54, 1.807) is 4.90 Å². The van der Waals surface area contributed by atoms with Crippen molar-refractivity contribution in [1.82, 2.24) is 19.8 Å². The van der Waals surface area contributed by atoms with E-state index in [1.807, 2.05) is 6.92 Å². The maximum absolute atomic E-state index is 12.5. The number of amides is 2. The first-order chi connectivity index (χ1) is 11.4. The van der Waals surface area contributed by atoms with E-state index < -0.39 is 11.2 Å². The fourth-order valence-electron chi connectivity index (χ4n) is 2.85. The average molecular weight is 338 g/mol. The molecule has 0 bridgehead atoms. The lowest BCUT2D eigenvalue weighted by Crippen LogP contribution is -2.53. The molecule has 1 aromatic heterocycles. The summed E-state index contributed by atoms with van der Waals surface area (Å²) in [6.45, 7) is 8.16. The first kappa shape index (κ1) is 18.3. The minimum absolute atomic E-state index is 0.0432. The monoisotopic (exact) mass is 338 g/mol. The molecule has 0 aromatic carbocycles. The van der Waals surface area contributed by atoms with Crippen molar-refractivity contribution in [2.75, 3.05) is 19.8 Å². The number of hydrogen-bond acceptors (Lipinski definition) is 4. The first-order valence-corrected chi connectivity index (χ1v) is 8.37. The molecule has 2 amide bonds. The molecule has 1 aliphatic heterocycles. The van der Waals surface area contributed by atoms with Gasteiger partial charge in [-0.2, -0.15) is 0 Å². The molecule has 1 aromatic rings. The molecule has 1 atom stereocenters. The van der Waals surface area contributed by atoms with Gasteiger partial charge >= 0.3 is 11.7 Å². The quantitative estimate of drug-likeness (QED) is 0.818. The Morgan fingerprint density at radius 1 is 1.46 bits per heavy atom. The molecule has 1 aliphatic rings. The number of rotatable bonds is 5. The number of carbonyl (C=O) groups excluding carboxylic acids is 1. The van der Waals surface area contributed by atoms with Crippen LogP contribution in [0.1, 0.15) is 32.8 Å². The lowest BCUT2D eigenvalue weighted by Gasteiger charge is -2.36. The first-order valence-electron chi connectivity index (χ1n) is 8.37. The summed E-state index contributed by atoms with van der Waals surface area (Å²) in [5, 5.41) is 2.78. The highest BCUT2D eigenvalue weighted by Gasteiger charge is 2.27. The number of urea groups is 1. The highest BCUT2D eigenvalue weighted by atomic mass is 16.5. The highest BCUT2D eigenvalue weighted by Crippen LogP contribution is 2.15. The zero-order valence-corrected chi connectivity index (χ0v) is 14.5. The van der Waals surface area contributed by atoms with Gasteiger partial charge in [0.1, 0.15) is 0 Å². The van der Waals surface area contributed by atoms with E-state index in [1.165, 1.54) is 10.8 Å². The van der Waals surface area contributed by atoms with Crippen LogP contribution in [0.15, 0.2) is 15.8 Å². The second-order valence-electron chi connectivity index (χ2n) is 6.41. The van der Waals surface area contributed by atoms with Crippen LogP contribution in [0, 0.1) is 5.92 Å². The Labute approximate surface area is 140 Å². The van der Waals surface area contributed by atoms with Crippen molar-refractivity contribution in [1.29, 1.82) is 0 Å². The minimum atomic E-state index is -0.467. The average Bonchev–Trinajstić information content (AvgIpc) is 2.53. The molecule has 24 heavy (non-hydrogen) atoms. The molecule has 0 unspecified atom stereocenters. The molecule has 2 rings (SSSR count). The van der Waals surface area contributed by atoms with E-state index in [0.717, 1.165) is 6.42 Å². The van der Waals surface area contributed by atoms with Crippen molar-refractivity contribution in [2.24, 2.45) is 5.92 Å². The number of aryl methyl sites for hydroxylation is 1. The molecule has 1 fully saturated rings. The normalized spacial score (nSPS) is 18.0. The van der Waals surface area contributed by atoms with Crippen LogP contribution in [0.2, 0.25) is 0 Å². The van der Waals surface area contributed by atoms with Gasteiger partial charge in [0, 0.05) is 19.3 Å². The molecule has 0 saturated carbocycles. The van der Waals surface area contributed by atoms with Gasteiger partial charge in [0.15, 0.2) is 0 Å². The van der Waals surface area contributed by atoms with E-state index in [0.29, 0.717) is 37.8 Å². The molecule has 0 radical (unpaired) electrons. The van der Waals surface area contributed by atoms with Gasteiger partial charge in [0.25, 0.3) is 5.56 Å². The zero-order valence-electron chi connectivity index (χ0n) is 14.5. The molecule has 2 N–H and O–H groups in total. The number of nitrogens with zero attached hydrogens (tertiary/aromatic N) is 2. The van der Waals surface area contributed by atoms with E-state index in [2.05, 4.69) is 24.1 Å². The number of carbonyl (C=O) groups is 1. The molecule has 1 saturated heterocycles. The molecule has 0 spiro atoms. The Morgan fingerprint density at radius 2 is 2.21 bits per heavy atom. The third-order valence-corrected chi connectivity index (χ3v) is 4.09. The van der Waals surface area contributed by atoms with E-state index in [-0.39, 0.29) is 18.6 Å². The van der Waals surface area contributed by atoms with Gasteiger partial charge in [0.05, 0.1) is 31.4 Å². The van der Waals surface area contributed by atoms with Gasteiger partial charge < -0.3 is 19.5 Å². The predicted octanol–water partition coefficient (Wildman–Crippen LogP) is 0.513. The summed E-state index contributed by atoms with van der Waals surface area (Å²) in [7, 11) is 0. The molecule has 8 nitrogen and oxygen atoms in total. The van der Waals surface area contributed by atoms with Crippen molar-refractivity contribution in [3.8, 4) is 0 Å². The Hall–Kier alpha value is -2.09. The topological polar surface area (TPSA) is 96.4 Å². The van der Waals surface area contributed by atoms with Crippen LogP contribution in [-0.4, -0.2) is 46.3 Å². The molecular weight excluding hydrogens is 312 g/mol. The largest absolute Gasteiger partial charge is 0.377 e. The Kier molecular flexibility index (Phi) is 6.19. The number of morpholine rings is 1. The Balaban J connectivity index is 2.04. The van der Waals surface area contributed by atoms with Crippen LogP contribution in [0.4, 0.5) is 4.79 Å². The van der Waals surface area contributed by atoms with Gasteiger partial charge in [-0.05, 0) is 19.3 Å². The number of aromatic amines is 1. The second kappa shape index (κ2) is 8.14. The number of aromatic nitrogens is 2. The molecule has 0 aliphatic carbocycles. The van der Waals surface area contributed by atoms with E-state index in [9.17, 15) is 14.4 Å². The second-order valence-corrected chi connectivity index (χ2v) is 6.41. The van der Waals surface area contributed by atoms with Crippen molar-refractivity contribution >= 4 is 6.03 Å². The number of hydrogen-bond donors (Lipinski definition) is 2. The summed E-state index contributed by atoms with van der Waals surface area (Å²) in [5.74, 6) is 0.461. The molecular formula is C16H26N4O4. The number of nitrogens with one attached hydrogen (secondary N) is 2. The van der Waals surface area contributed by atoms with Crippen LogP contribution in [0.3, 0.4) is 0 Å². The van der Waals surface area contributed by atoms with E-state index in [4.69, 9.17) is 4.74 Å². The lowest BCUT2D eigenvalue weighted by molar-refractivity contribution is 0.00550. The van der Waals surface area contributed by atoms with Crippen molar-refractivity contribution in [2.45, 2.75) is 46.3 Å². The van der Waals surface area contributed by atoms with Gasteiger partial charge in [0.2, 0.25) is 0 Å². The van der Waals surface area contributed by atoms with Gasteiger partial charge in [-0.25, -0.2) is 9.59 Å². The van der Waals surface area contributed by atoms with Crippen molar-refractivity contribution in [3.05, 3.63) is 32.6 Å². The lowest BCUT2D eigenvalue weighted by atomic mass is 10.0. The van der Waals surface area contributed by atoms with Crippen molar-refractivity contribution in [3.63, 3.8) is 0 Å². The summed E-state index contributed by atoms with van der Waals surface area (Å²) in [6, 6.07) is -0.167. The predicted molar refractivity (Wildman–Crippen MR) is 90.0 cm³/mol. The van der Waals surface area contributed by atoms with Crippen LogP contribution in [0.25, 0.3) is 0 Å². The summed E-state index contributed by atoms with van der Waals surface area (Å²) in [5.41, 5.74) is -0.549. The summed E-state index contributed by atoms with van der Waals surface area (Å²) in [4.78, 5) is 39.9. The third kappa shape index (κ3) is 4.47. The van der Waals surface area contributed by atoms with Crippen LogP contribution in [0.5, 0.6) is 0 Å². The summed E-state index contributed by atoms with van der Waals surface area (Å²) >= 11 is 0. The standard InChI is InChI=1S/C16H26N4O4/c1-4-19-9-12(14(21)18-16(19)23)8-17-15(22)20-5-6-24-10-13(20)7-11(2)3/h9,11,13H,4-8,10H2,1-3H3,(H,17,22)(H,18,21,23)/t13-/m0/s1. The van der Waals surface area contributed by atoms with E-state index >= 15 is 0 Å². The van der Waals surface area contributed by atoms with Crippen molar-refractivity contribution < 1.29 is 9.53 Å². The molecule has 2 heterocycles. The maximum Gasteiger partial charge on any atom is 0.328 e. The van der Waals surface area contributed by atoms with Crippen LogP contribution in [-0.2, 0) is 17.8 Å².